The maximum Gasteiger partial charge on any atom is 0.198 e. The molecule has 114 valence electrons. The standard InChI is InChI=1S/C16H19IO4/c1-16(2,19)21-13-8-12(14(17)15(13)18)10-20-9-11-6-4-3-5-7-11/h3-7,13,19H,8-10H2,1-2H3. The summed E-state index contributed by atoms with van der Waals surface area (Å²) in [5.41, 5.74) is 2.03. The van der Waals surface area contributed by atoms with Crippen molar-refractivity contribution >= 4 is 28.4 Å². The molecule has 0 spiro atoms. The summed E-state index contributed by atoms with van der Waals surface area (Å²) in [6.07, 6.45) is -0.122. The fourth-order valence-corrected chi connectivity index (χ4v) is 2.88. The van der Waals surface area contributed by atoms with E-state index in [0.717, 1.165) is 11.1 Å². The lowest BCUT2D eigenvalue weighted by Crippen LogP contribution is -2.33. The summed E-state index contributed by atoms with van der Waals surface area (Å²) in [6.45, 7) is 3.97. The van der Waals surface area contributed by atoms with E-state index in [1.165, 1.54) is 13.8 Å². The normalized spacial score (nSPS) is 19.4. The third-order valence-electron chi connectivity index (χ3n) is 3.07. The van der Waals surface area contributed by atoms with E-state index in [1.807, 2.05) is 52.9 Å². The highest BCUT2D eigenvalue weighted by Crippen LogP contribution is 2.32. The van der Waals surface area contributed by atoms with Gasteiger partial charge in [0.2, 0.25) is 0 Å². The Bertz CT molecular complexity index is 531. The van der Waals surface area contributed by atoms with Crippen molar-refractivity contribution in [1.82, 2.24) is 0 Å². The Hall–Kier alpha value is -0.760. The maximum atomic E-state index is 12.1. The highest BCUT2D eigenvalue weighted by molar-refractivity contribution is 14.1. The van der Waals surface area contributed by atoms with E-state index in [4.69, 9.17) is 9.47 Å². The molecule has 0 fully saturated rings. The molecular formula is C16H19IO4. The van der Waals surface area contributed by atoms with Gasteiger partial charge in [-0.2, -0.15) is 0 Å². The monoisotopic (exact) mass is 402 g/mol. The van der Waals surface area contributed by atoms with Gasteiger partial charge in [0.1, 0.15) is 6.10 Å². The van der Waals surface area contributed by atoms with Crippen LogP contribution in [-0.2, 0) is 20.9 Å². The van der Waals surface area contributed by atoms with E-state index >= 15 is 0 Å². The number of hydrogen-bond acceptors (Lipinski definition) is 4. The summed E-state index contributed by atoms with van der Waals surface area (Å²) in [5.74, 6) is -1.38. The van der Waals surface area contributed by atoms with Gasteiger partial charge in [-0.15, -0.1) is 0 Å². The molecule has 0 saturated heterocycles. The number of aliphatic hydroxyl groups is 1. The number of ketones is 1. The molecule has 0 amide bonds. The number of rotatable bonds is 6. The summed E-state index contributed by atoms with van der Waals surface area (Å²) in [4.78, 5) is 12.1. The third kappa shape index (κ3) is 4.88. The molecule has 1 aromatic carbocycles. The van der Waals surface area contributed by atoms with Crippen molar-refractivity contribution < 1.29 is 19.4 Å². The SMILES string of the molecule is CC(C)(O)OC1CC(COCc2ccccc2)=C(I)C1=O. The minimum Gasteiger partial charge on any atom is -0.372 e. The molecule has 1 aromatic rings. The van der Waals surface area contributed by atoms with Gasteiger partial charge in [-0.3, -0.25) is 4.79 Å². The van der Waals surface area contributed by atoms with Crippen LogP contribution in [0.25, 0.3) is 0 Å². The van der Waals surface area contributed by atoms with Crippen LogP contribution in [0.1, 0.15) is 25.8 Å². The van der Waals surface area contributed by atoms with Crippen LogP contribution in [-0.4, -0.2) is 29.4 Å². The smallest absolute Gasteiger partial charge is 0.198 e. The summed E-state index contributed by atoms with van der Waals surface area (Å²) < 4.78 is 11.7. The first-order chi connectivity index (χ1) is 9.87. The molecule has 0 heterocycles. The lowest BCUT2D eigenvalue weighted by molar-refractivity contribution is -0.202. The van der Waals surface area contributed by atoms with Gasteiger partial charge < -0.3 is 14.6 Å². The molecule has 1 aliphatic rings. The molecule has 1 aliphatic carbocycles. The Morgan fingerprint density at radius 3 is 2.57 bits per heavy atom. The average molecular weight is 402 g/mol. The second-order valence-electron chi connectivity index (χ2n) is 5.52. The van der Waals surface area contributed by atoms with Crippen molar-refractivity contribution in [2.45, 2.75) is 38.8 Å². The predicted octanol–water partition coefficient (Wildman–Crippen LogP) is 2.98. The van der Waals surface area contributed by atoms with E-state index in [0.29, 0.717) is 23.2 Å². The Labute approximate surface area is 138 Å². The Morgan fingerprint density at radius 2 is 1.95 bits per heavy atom. The van der Waals surface area contributed by atoms with Crippen LogP contribution >= 0.6 is 22.6 Å². The van der Waals surface area contributed by atoms with Gasteiger partial charge in [0, 0.05) is 6.42 Å². The first kappa shape index (κ1) is 16.6. The van der Waals surface area contributed by atoms with Gasteiger partial charge in [-0.1, -0.05) is 30.3 Å². The number of benzene rings is 1. The number of Topliss-reactive ketones (excluding diaryl/α,β-unsaturated/α-hetero) is 1. The van der Waals surface area contributed by atoms with Crippen LogP contribution in [0.2, 0.25) is 0 Å². The molecule has 21 heavy (non-hydrogen) atoms. The summed E-state index contributed by atoms with van der Waals surface area (Å²) >= 11 is 2.03. The fraction of sp³-hybridized carbons (Fsp3) is 0.438. The topological polar surface area (TPSA) is 55.8 Å². The zero-order valence-electron chi connectivity index (χ0n) is 12.1. The summed E-state index contributed by atoms with van der Waals surface area (Å²) in [6, 6.07) is 9.89. The van der Waals surface area contributed by atoms with E-state index in [-0.39, 0.29) is 5.78 Å². The highest BCUT2D eigenvalue weighted by Gasteiger charge is 2.35. The first-order valence-corrected chi connectivity index (χ1v) is 7.88. The van der Waals surface area contributed by atoms with Gasteiger partial charge in [0.15, 0.2) is 11.6 Å². The highest BCUT2D eigenvalue weighted by atomic mass is 127. The molecule has 0 saturated carbocycles. The summed E-state index contributed by atoms with van der Waals surface area (Å²) in [7, 11) is 0. The second kappa shape index (κ2) is 7.00. The lowest BCUT2D eigenvalue weighted by atomic mass is 10.2. The van der Waals surface area contributed by atoms with Gasteiger partial charge >= 0.3 is 0 Å². The van der Waals surface area contributed by atoms with Gasteiger partial charge in [0.25, 0.3) is 0 Å². The maximum absolute atomic E-state index is 12.1. The Morgan fingerprint density at radius 1 is 1.29 bits per heavy atom. The molecule has 1 N–H and O–H groups in total. The number of carbonyl (C=O) groups is 1. The lowest BCUT2D eigenvalue weighted by Gasteiger charge is -2.22. The Kier molecular flexibility index (Phi) is 5.54. The number of hydrogen-bond donors (Lipinski definition) is 1. The van der Waals surface area contributed by atoms with Crippen LogP contribution < -0.4 is 0 Å². The summed E-state index contributed by atoms with van der Waals surface area (Å²) in [5, 5.41) is 9.67. The van der Waals surface area contributed by atoms with E-state index in [2.05, 4.69) is 0 Å². The van der Waals surface area contributed by atoms with Crippen LogP contribution in [0.5, 0.6) is 0 Å². The zero-order chi connectivity index (χ0) is 15.5. The molecule has 4 nitrogen and oxygen atoms in total. The van der Waals surface area contributed by atoms with Crippen molar-refractivity contribution in [2.75, 3.05) is 6.61 Å². The van der Waals surface area contributed by atoms with Crippen molar-refractivity contribution in [3.05, 3.63) is 45.0 Å². The molecule has 5 heteroatoms. The van der Waals surface area contributed by atoms with Crippen LogP contribution in [0, 0.1) is 0 Å². The van der Waals surface area contributed by atoms with Crippen LogP contribution in [0.4, 0.5) is 0 Å². The largest absolute Gasteiger partial charge is 0.372 e. The van der Waals surface area contributed by atoms with E-state index in [1.54, 1.807) is 0 Å². The number of ether oxygens (including phenoxy) is 2. The molecule has 0 radical (unpaired) electrons. The molecule has 1 atom stereocenters. The van der Waals surface area contributed by atoms with Gasteiger partial charge in [-0.25, -0.2) is 0 Å². The van der Waals surface area contributed by atoms with Gasteiger partial charge in [0.05, 0.1) is 16.8 Å². The van der Waals surface area contributed by atoms with Crippen molar-refractivity contribution in [1.29, 1.82) is 0 Å². The average Bonchev–Trinajstić information content (AvgIpc) is 2.67. The molecule has 0 bridgehead atoms. The van der Waals surface area contributed by atoms with Crippen molar-refractivity contribution in [2.24, 2.45) is 0 Å². The predicted molar refractivity (Wildman–Crippen MR) is 87.9 cm³/mol. The second-order valence-corrected chi connectivity index (χ2v) is 6.60. The molecule has 1 unspecified atom stereocenters. The number of carbonyl (C=O) groups excluding carboxylic acids is 1. The molecular weight excluding hydrogens is 383 g/mol. The molecule has 2 rings (SSSR count). The molecule has 0 aliphatic heterocycles. The van der Waals surface area contributed by atoms with Crippen LogP contribution in [0.15, 0.2) is 39.5 Å². The first-order valence-electron chi connectivity index (χ1n) is 6.80. The quantitative estimate of drug-likeness (QED) is 0.587. The van der Waals surface area contributed by atoms with Crippen molar-refractivity contribution in [3.8, 4) is 0 Å². The van der Waals surface area contributed by atoms with E-state index in [9.17, 15) is 9.90 Å². The minimum absolute atomic E-state index is 0.0731. The zero-order valence-corrected chi connectivity index (χ0v) is 14.3. The third-order valence-corrected chi connectivity index (χ3v) is 4.36. The molecule has 0 aromatic heterocycles. The minimum atomic E-state index is -1.31. The van der Waals surface area contributed by atoms with Crippen molar-refractivity contribution in [3.63, 3.8) is 0 Å². The number of halogens is 1. The van der Waals surface area contributed by atoms with Gasteiger partial charge in [-0.05, 0) is 47.6 Å². The Balaban J connectivity index is 1.87. The van der Waals surface area contributed by atoms with E-state index < -0.39 is 11.9 Å². The fourth-order valence-electron chi connectivity index (χ4n) is 2.15. The van der Waals surface area contributed by atoms with Crippen LogP contribution in [0.3, 0.4) is 0 Å².